The predicted octanol–water partition coefficient (Wildman–Crippen LogP) is 1.93. The highest BCUT2D eigenvalue weighted by atomic mass is 32.2. The van der Waals surface area contributed by atoms with Gasteiger partial charge in [-0.25, -0.2) is 22.4 Å². The van der Waals surface area contributed by atoms with Gasteiger partial charge in [0.2, 0.25) is 5.60 Å². The first-order valence-electron chi connectivity index (χ1n) is 10.1. The topological polar surface area (TPSA) is 147 Å². The standard InChI is InChI=1S/C22H25FN2O7S/c1-21(2)22(29,19(26)27)18(11-12-25(21)20(24)28)33(30,31)17-9-7-16(8-10-17)32-13-14-3-5-15(23)6-4-14/h3-10,18,29H,11-13H2,1-2H3,(H2,24,28)(H,26,27). The van der Waals surface area contributed by atoms with Crippen LogP contribution in [-0.2, 0) is 21.2 Å². The van der Waals surface area contributed by atoms with Crippen molar-refractivity contribution in [2.75, 3.05) is 6.54 Å². The minimum absolute atomic E-state index is 0.130. The van der Waals surface area contributed by atoms with Crippen molar-refractivity contribution in [3.63, 3.8) is 0 Å². The molecule has 2 atom stereocenters. The van der Waals surface area contributed by atoms with Gasteiger partial charge in [0.05, 0.1) is 10.4 Å². The zero-order chi connectivity index (χ0) is 24.6. The van der Waals surface area contributed by atoms with Crippen molar-refractivity contribution in [2.45, 2.75) is 48.2 Å². The Bertz CT molecular complexity index is 1150. The van der Waals surface area contributed by atoms with E-state index in [0.717, 1.165) is 4.90 Å². The maximum atomic E-state index is 13.4. The number of rotatable bonds is 6. The predicted molar refractivity (Wildman–Crippen MR) is 116 cm³/mol. The average molecular weight is 481 g/mol. The minimum atomic E-state index is -4.33. The second kappa shape index (κ2) is 8.64. The molecular formula is C22H25FN2O7S. The third kappa shape index (κ3) is 4.25. The Morgan fingerprint density at radius 1 is 1.15 bits per heavy atom. The van der Waals surface area contributed by atoms with E-state index in [1.54, 1.807) is 12.1 Å². The summed E-state index contributed by atoms with van der Waals surface area (Å²) < 4.78 is 45.3. The molecule has 0 bridgehead atoms. The number of hydrogen-bond acceptors (Lipinski definition) is 6. The molecule has 2 aromatic carbocycles. The van der Waals surface area contributed by atoms with Crippen LogP contribution in [0.3, 0.4) is 0 Å². The number of carbonyl (C=O) groups excluding carboxylic acids is 1. The van der Waals surface area contributed by atoms with E-state index in [1.165, 1.54) is 50.2 Å². The summed E-state index contributed by atoms with van der Waals surface area (Å²) in [5.74, 6) is -1.80. The molecule has 2 aromatic rings. The van der Waals surface area contributed by atoms with E-state index in [9.17, 15) is 32.6 Å². The first-order chi connectivity index (χ1) is 15.3. The highest BCUT2D eigenvalue weighted by Gasteiger charge is 2.65. The van der Waals surface area contributed by atoms with Gasteiger partial charge in [-0.1, -0.05) is 12.1 Å². The Kier molecular flexibility index (Phi) is 6.40. The fourth-order valence-electron chi connectivity index (χ4n) is 4.14. The summed E-state index contributed by atoms with van der Waals surface area (Å²) in [6.45, 7) is 2.52. The van der Waals surface area contributed by atoms with Crippen LogP contribution in [-0.4, -0.2) is 58.5 Å². The lowest BCUT2D eigenvalue weighted by molar-refractivity contribution is -0.179. The molecular weight excluding hydrogens is 455 g/mol. The summed E-state index contributed by atoms with van der Waals surface area (Å²) in [6.07, 6.45) is -0.319. The van der Waals surface area contributed by atoms with Gasteiger partial charge in [-0.15, -0.1) is 0 Å². The minimum Gasteiger partial charge on any atom is -0.489 e. The van der Waals surface area contributed by atoms with Gasteiger partial charge in [0.1, 0.15) is 23.4 Å². The van der Waals surface area contributed by atoms with E-state index in [1.807, 2.05) is 0 Å². The first kappa shape index (κ1) is 24.5. The Hall–Kier alpha value is -3.18. The van der Waals surface area contributed by atoms with Crippen LogP contribution in [0.25, 0.3) is 0 Å². The number of piperidine rings is 1. The van der Waals surface area contributed by atoms with Crippen LogP contribution < -0.4 is 10.5 Å². The number of aliphatic hydroxyl groups is 1. The second-order valence-corrected chi connectivity index (χ2v) is 10.5. The van der Waals surface area contributed by atoms with Crippen molar-refractivity contribution in [3.05, 3.63) is 59.9 Å². The molecule has 0 aromatic heterocycles. The molecule has 1 heterocycles. The smallest absolute Gasteiger partial charge is 0.339 e. The van der Waals surface area contributed by atoms with Crippen molar-refractivity contribution in [3.8, 4) is 5.75 Å². The number of likely N-dealkylation sites (tertiary alicyclic amines) is 1. The zero-order valence-corrected chi connectivity index (χ0v) is 18.9. The number of carboxylic acids is 1. The molecule has 2 unspecified atom stereocenters. The zero-order valence-electron chi connectivity index (χ0n) is 18.1. The molecule has 1 fully saturated rings. The summed E-state index contributed by atoms with van der Waals surface area (Å²) in [5.41, 5.74) is 1.43. The normalized spacial score (nSPS) is 22.5. The van der Waals surface area contributed by atoms with Gasteiger partial charge in [0.25, 0.3) is 0 Å². The number of urea groups is 1. The molecule has 0 spiro atoms. The van der Waals surface area contributed by atoms with Gasteiger partial charge in [-0.05, 0) is 62.2 Å². The number of carbonyl (C=O) groups is 2. The van der Waals surface area contributed by atoms with Gasteiger partial charge >= 0.3 is 12.0 Å². The van der Waals surface area contributed by atoms with E-state index in [4.69, 9.17) is 10.5 Å². The van der Waals surface area contributed by atoms with Gasteiger partial charge in [0, 0.05) is 6.54 Å². The van der Waals surface area contributed by atoms with Crippen molar-refractivity contribution in [1.82, 2.24) is 4.90 Å². The number of benzene rings is 2. The maximum Gasteiger partial charge on any atom is 0.339 e. The third-order valence-corrected chi connectivity index (χ3v) is 8.38. The first-order valence-corrected chi connectivity index (χ1v) is 11.6. The highest BCUT2D eigenvalue weighted by Crippen LogP contribution is 2.42. The molecule has 0 radical (unpaired) electrons. The largest absolute Gasteiger partial charge is 0.489 e. The number of nitrogens with zero attached hydrogens (tertiary/aromatic N) is 1. The number of halogens is 1. The van der Waals surface area contributed by atoms with Crippen molar-refractivity contribution in [1.29, 1.82) is 0 Å². The van der Waals surface area contributed by atoms with Crippen molar-refractivity contribution < 1.29 is 37.3 Å². The molecule has 0 aliphatic carbocycles. The number of primary amides is 1. The number of sulfone groups is 1. The molecule has 3 rings (SSSR count). The van der Waals surface area contributed by atoms with E-state index < -0.39 is 38.2 Å². The SMILES string of the molecule is CC1(C)N(C(N)=O)CCC(S(=O)(=O)c2ccc(OCc3ccc(F)cc3)cc2)C1(O)C(=O)O. The quantitative estimate of drug-likeness (QED) is 0.572. The fraction of sp³-hybridized carbons (Fsp3) is 0.364. The van der Waals surface area contributed by atoms with E-state index >= 15 is 0 Å². The summed E-state index contributed by atoms with van der Waals surface area (Å²) in [5, 5.41) is 19.3. The Labute approximate surface area is 190 Å². The van der Waals surface area contributed by atoms with Crippen LogP contribution in [0, 0.1) is 5.82 Å². The molecule has 1 aliphatic rings. The van der Waals surface area contributed by atoms with Gasteiger partial charge in [-0.3, -0.25) is 0 Å². The lowest BCUT2D eigenvalue weighted by Crippen LogP contribution is -2.75. The number of hydrogen-bond donors (Lipinski definition) is 3. The molecule has 33 heavy (non-hydrogen) atoms. The van der Waals surface area contributed by atoms with Crippen molar-refractivity contribution >= 4 is 21.8 Å². The van der Waals surface area contributed by atoms with Gasteiger partial charge in [-0.2, -0.15) is 0 Å². The average Bonchev–Trinajstić information content (AvgIpc) is 2.74. The number of amides is 2. The van der Waals surface area contributed by atoms with Crippen LogP contribution in [0.15, 0.2) is 53.4 Å². The Balaban J connectivity index is 1.87. The van der Waals surface area contributed by atoms with Crippen LogP contribution in [0.1, 0.15) is 25.8 Å². The lowest BCUT2D eigenvalue weighted by Gasteiger charge is -2.53. The Morgan fingerprint density at radius 2 is 1.73 bits per heavy atom. The van der Waals surface area contributed by atoms with E-state index in [0.29, 0.717) is 11.3 Å². The summed E-state index contributed by atoms with van der Waals surface area (Å²) in [4.78, 5) is 24.6. The van der Waals surface area contributed by atoms with Crippen molar-refractivity contribution in [2.24, 2.45) is 5.73 Å². The van der Waals surface area contributed by atoms with E-state index in [-0.39, 0.29) is 30.3 Å². The third-order valence-electron chi connectivity index (χ3n) is 6.13. The van der Waals surface area contributed by atoms with Crippen LogP contribution >= 0.6 is 0 Å². The fourth-order valence-corrected chi connectivity index (χ4v) is 6.23. The highest BCUT2D eigenvalue weighted by molar-refractivity contribution is 7.92. The van der Waals surface area contributed by atoms with Crippen LogP contribution in [0.4, 0.5) is 9.18 Å². The number of nitrogens with two attached hydrogens (primary N) is 1. The Morgan fingerprint density at radius 3 is 2.24 bits per heavy atom. The number of aliphatic carboxylic acids is 1. The summed E-state index contributed by atoms with van der Waals surface area (Å²) in [6, 6.07) is 10.1. The van der Waals surface area contributed by atoms with Gasteiger partial charge in [0.15, 0.2) is 9.84 Å². The summed E-state index contributed by atoms with van der Waals surface area (Å²) >= 11 is 0. The van der Waals surface area contributed by atoms with Gasteiger partial charge < -0.3 is 25.6 Å². The monoisotopic (exact) mass is 480 g/mol. The molecule has 0 saturated carbocycles. The molecule has 2 amide bonds. The molecule has 178 valence electrons. The molecule has 4 N–H and O–H groups in total. The maximum absolute atomic E-state index is 13.4. The molecule has 1 aliphatic heterocycles. The number of ether oxygens (including phenoxy) is 1. The second-order valence-electron chi connectivity index (χ2n) is 8.33. The van der Waals surface area contributed by atoms with Crippen LogP contribution in [0.5, 0.6) is 5.75 Å². The summed E-state index contributed by atoms with van der Waals surface area (Å²) in [7, 11) is -4.33. The molecule has 1 saturated heterocycles. The number of carboxylic acid groups (broad SMARTS) is 1. The lowest BCUT2D eigenvalue weighted by atomic mass is 9.74. The molecule has 11 heteroatoms. The molecule has 9 nitrogen and oxygen atoms in total. The van der Waals surface area contributed by atoms with Crippen LogP contribution in [0.2, 0.25) is 0 Å². The van der Waals surface area contributed by atoms with E-state index in [2.05, 4.69) is 0 Å².